The minimum atomic E-state index is -0.390. The number of rotatable bonds is 10. The lowest BCUT2D eigenvalue weighted by Crippen LogP contribution is -2.47. The van der Waals surface area contributed by atoms with Gasteiger partial charge in [0, 0.05) is 65.9 Å². The number of fused-ring (bicyclic) bond motifs is 1. The van der Waals surface area contributed by atoms with Crippen molar-refractivity contribution in [3.8, 4) is 0 Å². The van der Waals surface area contributed by atoms with E-state index < -0.39 is 0 Å². The first-order chi connectivity index (χ1) is 18.6. The molecule has 1 fully saturated rings. The molecule has 0 radical (unpaired) electrons. The van der Waals surface area contributed by atoms with Gasteiger partial charge in [-0.3, -0.25) is 4.90 Å². The Bertz CT molecular complexity index is 1340. The van der Waals surface area contributed by atoms with Gasteiger partial charge in [-0.2, -0.15) is 0 Å². The largest absolute Gasteiger partial charge is 0.367 e. The van der Waals surface area contributed by atoms with E-state index in [0.717, 1.165) is 66.9 Å². The fraction of sp³-hybridized carbons (Fsp3) is 0.290. The van der Waals surface area contributed by atoms with Gasteiger partial charge >= 0.3 is 0 Å². The van der Waals surface area contributed by atoms with E-state index in [1.54, 1.807) is 35.6 Å². The molecule has 1 saturated heterocycles. The lowest BCUT2D eigenvalue weighted by Gasteiger charge is -2.35. The molecule has 4 nitrogen and oxygen atoms in total. The summed E-state index contributed by atoms with van der Waals surface area (Å²) in [5.41, 5.74) is 3.42. The molecule has 1 aliphatic rings. The Kier molecular flexibility index (Phi) is 8.74. The van der Waals surface area contributed by atoms with E-state index in [9.17, 15) is 13.6 Å². The van der Waals surface area contributed by atoms with E-state index in [1.165, 1.54) is 29.0 Å². The molecule has 1 aromatic heterocycles. The van der Waals surface area contributed by atoms with Gasteiger partial charge < -0.3 is 9.64 Å². The van der Waals surface area contributed by atoms with Crippen LogP contribution in [-0.4, -0.2) is 61.6 Å². The summed E-state index contributed by atoms with van der Waals surface area (Å²) >= 11 is 1.66. The van der Waals surface area contributed by atoms with Crippen molar-refractivity contribution >= 4 is 32.9 Å². The zero-order valence-corrected chi connectivity index (χ0v) is 21.9. The van der Waals surface area contributed by atoms with E-state index in [2.05, 4.69) is 33.3 Å². The van der Waals surface area contributed by atoms with E-state index >= 15 is 0 Å². The summed E-state index contributed by atoms with van der Waals surface area (Å²) in [5, 5.41) is 3.19. The van der Waals surface area contributed by atoms with Crippen molar-refractivity contribution in [2.24, 2.45) is 0 Å². The first-order valence-corrected chi connectivity index (χ1v) is 13.8. The molecule has 5 rings (SSSR count). The molecule has 4 aromatic rings. The molecule has 0 atom stereocenters. The van der Waals surface area contributed by atoms with Gasteiger partial charge in [0.2, 0.25) is 0 Å². The summed E-state index contributed by atoms with van der Waals surface area (Å²) in [5.74, 6) is 1.59. The van der Waals surface area contributed by atoms with Crippen molar-refractivity contribution in [1.29, 1.82) is 0 Å². The van der Waals surface area contributed by atoms with Crippen LogP contribution in [0.4, 0.5) is 8.78 Å². The van der Waals surface area contributed by atoms with E-state index in [0.29, 0.717) is 13.0 Å². The van der Waals surface area contributed by atoms with Crippen LogP contribution in [-0.2, 0) is 9.53 Å². The smallest absolute Gasteiger partial charge is 0.128 e. The number of halogens is 2. The maximum atomic E-state index is 13.5. The van der Waals surface area contributed by atoms with Crippen molar-refractivity contribution in [2.75, 3.05) is 45.9 Å². The quantitative estimate of drug-likeness (QED) is 0.228. The number of benzene rings is 3. The van der Waals surface area contributed by atoms with Crippen molar-refractivity contribution in [3.05, 3.63) is 107 Å². The molecule has 0 amide bonds. The van der Waals surface area contributed by atoms with Gasteiger partial charge in [-0.05, 0) is 47.9 Å². The highest BCUT2D eigenvalue weighted by atomic mass is 32.1. The van der Waals surface area contributed by atoms with Crippen LogP contribution in [0.3, 0.4) is 0 Å². The number of nitrogens with zero attached hydrogens (tertiary/aromatic N) is 2. The molecule has 0 unspecified atom stereocenters. The normalized spacial score (nSPS) is 14.7. The number of carbonyl (C=O) groups excluding carboxylic acids is 1. The van der Waals surface area contributed by atoms with Crippen LogP contribution in [0.15, 0.2) is 78.2 Å². The average Bonchev–Trinajstić information content (AvgIpc) is 3.38. The van der Waals surface area contributed by atoms with E-state index in [4.69, 9.17) is 4.74 Å². The Morgan fingerprint density at radius 1 is 0.842 bits per heavy atom. The van der Waals surface area contributed by atoms with Crippen LogP contribution in [0.25, 0.3) is 15.7 Å². The Labute approximate surface area is 225 Å². The average molecular weight is 533 g/mol. The topological polar surface area (TPSA) is 32.8 Å². The van der Waals surface area contributed by atoms with E-state index in [1.807, 2.05) is 12.1 Å². The number of piperazine rings is 1. The van der Waals surface area contributed by atoms with Crippen molar-refractivity contribution in [3.63, 3.8) is 0 Å². The molecule has 7 heteroatoms. The Morgan fingerprint density at radius 3 is 2.03 bits per heavy atom. The molecular formula is C31H30F2N2O2S. The molecule has 0 aliphatic carbocycles. The number of ether oxygens (including phenoxy) is 1. The molecule has 0 N–H and O–H groups in total. The lowest BCUT2D eigenvalue weighted by molar-refractivity contribution is 0.0455. The van der Waals surface area contributed by atoms with Crippen molar-refractivity contribution in [2.45, 2.75) is 12.5 Å². The van der Waals surface area contributed by atoms with Crippen LogP contribution < -0.4 is 0 Å². The third-order valence-corrected chi connectivity index (χ3v) is 8.07. The van der Waals surface area contributed by atoms with E-state index in [-0.39, 0.29) is 17.7 Å². The standard InChI is InChI=1S/C31H30F2N2O2S/c32-26-9-5-23(6-10-26)31(24-7-11-27(33)12-8-24)37-20-19-35-17-15-34(16-18-35)14-13-25(21-36)29-22-38-30-4-2-1-3-28(29)30/h1-12,22,31H,13-20H2. The third kappa shape index (κ3) is 6.44. The summed E-state index contributed by atoms with van der Waals surface area (Å²) in [6.45, 7) is 5.79. The summed E-state index contributed by atoms with van der Waals surface area (Å²) < 4.78 is 34.4. The van der Waals surface area contributed by atoms with Crippen LogP contribution in [0, 0.1) is 11.6 Å². The molecular weight excluding hydrogens is 502 g/mol. The minimum Gasteiger partial charge on any atom is -0.367 e. The summed E-state index contributed by atoms with van der Waals surface area (Å²) in [4.78, 5) is 16.5. The van der Waals surface area contributed by atoms with Crippen LogP contribution in [0.1, 0.15) is 29.2 Å². The molecule has 3 aromatic carbocycles. The van der Waals surface area contributed by atoms with Gasteiger partial charge in [0.05, 0.1) is 6.61 Å². The number of thiophene rings is 1. The zero-order chi connectivity index (χ0) is 26.3. The molecule has 38 heavy (non-hydrogen) atoms. The number of hydrogen-bond donors (Lipinski definition) is 0. The Morgan fingerprint density at radius 2 is 1.42 bits per heavy atom. The summed E-state index contributed by atoms with van der Waals surface area (Å²) in [6.07, 6.45) is 0.295. The van der Waals surface area contributed by atoms with Gasteiger partial charge in [-0.1, -0.05) is 42.5 Å². The SMILES string of the molecule is O=C=C(CCN1CCN(CCOC(c2ccc(F)cc2)c2ccc(F)cc2)CC1)c1csc2ccccc12. The van der Waals surface area contributed by atoms with Gasteiger partial charge in [0.25, 0.3) is 0 Å². The predicted molar refractivity (Wildman–Crippen MR) is 149 cm³/mol. The van der Waals surface area contributed by atoms with Gasteiger partial charge in [0.1, 0.15) is 23.7 Å². The van der Waals surface area contributed by atoms with Crippen LogP contribution >= 0.6 is 11.3 Å². The molecule has 0 bridgehead atoms. The summed E-state index contributed by atoms with van der Waals surface area (Å²) in [6, 6.07) is 20.7. The van der Waals surface area contributed by atoms with Crippen LogP contribution in [0.2, 0.25) is 0 Å². The van der Waals surface area contributed by atoms with Gasteiger partial charge in [-0.15, -0.1) is 11.3 Å². The Hall–Kier alpha value is -3.19. The van der Waals surface area contributed by atoms with Crippen molar-refractivity contribution < 1.29 is 18.3 Å². The summed E-state index contributed by atoms with van der Waals surface area (Å²) in [7, 11) is 0. The fourth-order valence-corrected chi connectivity index (χ4v) is 5.89. The molecule has 1 aliphatic heterocycles. The lowest BCUT2D eigenvalue weighted by atomic mass is 10.0. The second kappa shape index (κ2) is 12.6. The van der Waals surface area contributed by atoms with Gasteiger partial charge in [0.15, 0.2) is 0 Å². The minimum absolute atomic E-state index is 0.302. The zero-order valence-electron chi connectivity index (χ0n) is 21.1. The van der Waals surface area contributed by atoms with Crippen molar-refractivity contribution in [1.82, 2.24) is 9.80 Å². The molecule has 196 valence electrons. The number of hydrogen-bond acceptors (Lipinski definition) is 5. The second-order valence-electron chi connectivity index (χ2n) is 9.51. The highest BCUT2D eigenvalue weighted by Gasteiger charge is 2.20. The second-order valence-corrected chi connectivity index (χ2v) is 10.4. The molecule has 0 spiro atoms. The fourth-order valence-electron chi connectivity index (χ4n) is 4.92. The van der Waals surface area contributed by atoms with Crippen LogP contribution in [0.5, 0.6) is 0 Å². The maximum absolute atomic E-state index is 13.5. The van der Waals surface area contributed by atoms with Gasteiger partial charge in [-0.25, -0.2) is 13.6 Å². The Balaban J connectivity index is 1.11. The monoisotopic (exact) mass is 532 g/mol. The predicted octanol–water partition coefficient (Wildman–Crippen LogP) is 6.21. The highest BCUT2D eigenvalue weighted by Crippen LogP contribution is 2.31. The molecule has 2 heterocycles. The first-order valence-electron chi connectivity index (χ1n) is 12.9. The molecule has 0 saturated carbocycles. The third-order valence-electron chi connectivity index (χ3n) is 7.11. The maximum Gasteiger partial charge on any atom is 0.128 e. The first kappa shape index (κ1) is 26.4. The highest BCUT2D eigenvalue weighted by molar-refractivity contribution is 7.17.